The minimum absolute atomic E-state index is 0.918. The van der Waals surface area contributed by atoms with E-state index in [9.17, 15) is 0 Å². The number of ether oxygens (including phenoxy) is 1. The molecule has 0 aliphatic carbocycles. The van der Waals surface area contributed by atoms with E-state index in [0.29, 0.717) is 0 Å². The van der Waals surface area contributed by atoms with Gasteiger partial charge in [0.25, 0.3) is 0 Å². The third kappa shape index (κ3) is 1.28. The minimum atomic E-state index is 0.918. The van der Waals surface area contributed by atoms with Crippen molar-refractivity contribution in [3.63, 3.8) is 0 Å². The van der Waals surface area contributed by atoms with Gasteiger partial charge in [0.2, 0.25) is 0 Å². The molecule has 0 aliphatic rings. The molecule has 2 nitrogen and oxygen atoms in total. The van der Waals surface area contributed by atoms with Gasteiger partial charge >= 0.3 is 0 Å². The van der Waals surface area contributed by atoms with Crippen LogP contribution in [0.4, 0.5) is 0 Å². The summed E-state index contributed by atoms with van der Waals surface area (Å²) in [5, 5.41) is 1.27. The average Bonchev–Trinajstić information content (AvgIpc) is 2.59. The van der Waals surface area contributed by atoms with E-state index in [1.165, 1.54) is 16.5 Å². The Morgan fingerprint density at radius 3 is 2.92 bits per heavy atom. The third-order valence-corrected chi connectivity index (χ3v) is 2.36. The zero-order valence-corrected chi connectivity index (χ0v) is 7.92. The molecule has 1 aromatic carbocycles. The van der Waals surface area contributed by atoms with Crippen molar-refractivity contribution < 1.29 is 4.74 Å². The second-order valence-corrected chi connectivity index (χ2v) is 3.08. The minimum Gasteiger partial charge on any atom is -0.497 e. The Labute approximate surface area is 77.5 Å². The zero-order valence-electron chi connectivity index (χ0n) is 7.92. The Bertz CT molecular complexity index is 417. The van der Waals surface area contributed by atoms with Gasteiger partial charge in [-0.05, 0) is 30.2 Å². The van der Waals surface area contributed by atoms with E-state index in [-0.39, 0.29) is 0 Å². The molecule has 1 N–H and O–H groups in total. The second kappa shape index (κ2) is 3.13. The summed E-state index contributed by atoms with van der Waals surface area (Å²) in [7, 11) is 1.69. The molecule has 0 aliphatic heterocycles. The first-order valence-corrected chi connectivity index (χ1v) is 4.49. The smallest absolute Gasteiger partial charge is 0.119 e. The van der Waals surface area contributed by atoms with Crippen LogP contribution in [0.2, 0.25) is 0 Å². The van der Waals surface area contributed by atoms with Gasteiger partial charge in [0.1, 0.15) is 5.75 Å². The fraction of sp³-hybridized carbons (Fsp3) is 0.273. The van der Waals surface area contributed by atoms with Crippen LogP contribution < -0.4 is 4.74 Å². The van der Waals surface area contributed by atoms with Crippen molar-refractivity contribution in [1.29, 1.82) is 0 Å². The van der Waals surface area contributed by atoms with Crippen molar-refractivity contribution in [2.45, 2.75) is 13.3 Å². The molecule has 1 aromatic heterocycles. The van der Waals surface area contributed by atoms with Crippen molar-refractivity contribution in [2.75, 3.05) is 7.11 Å². The normalized spacial score (nSPS) is 10.6. The Hall–Kier alpha value is -1.44. The van der Waals surface area contributed by atoms with Crippen LogP contribution in [0.15, 0.2) is 24.4 Å². The number of hydrogen-bond donors (Lipinski definition) is 1. The predicted molar refractivity (Wildman–Crippen MR) is 54.2 cm³/mol. The summed E-state index contributed by atoms with van der Waals surface area (Å²) in [5.41, 5.74) is 2.52. The molecule has 1 heterocycles. The SMILES string of the molecule is CCc1c[nH]c2ccc(OC)cc12. The highest BCUT2D eigenvalue weighted by atomic mass is 16.5. The highest BCUT2D eigenvalue weighted by Gasteiger charge is 2.02. The molecule has 68 valence electrons. The maximum absolute atomic E-state index is 5.18. The van der Waals surface area contributed by atoms with Crippen molar-refractivity contribution in [1.82, 2.24) is 4.98 Å². The largest absolute Gasteiger partial charge is 0.497 e. The fourth-order valence-corrected chi connectivity index (χ4v) is 1.58. The lowest BCUT2D eigenvalue weighted by Crippen LogP contribution is -1.82. The number of rotatable bonds is 2. The van der Waals surface area contributed by atoms with Crippen LogP contribution in [0, 0.1) is 0 Å². The van der Waals surface area contributed by atoms with Crippen LogP contribution in [-0.4, -0.2) is 12.1 Å². The van der Waals surface area contributed by atoms with E-state index in [2.05, 4.69) is 24.2 Å². The number of aromatic amines is 1. The van der Waals surface area contributed by atoms with Gasteiger partial charge in [-0.25, -0.2) is 0 Å². The van der Waals surface area contributed by atoms with Crippen LogP contribution in [0.5, 0.6) is 5.75 Å². The van der Waals surface area contributed by atoms with Crippen LogP contribution in [0.25, 0.3) is 10.9 Å². The molecular formula is C11H13NO. The van der Waals surface area contributed by atoms with E-state index in [0.717, 1.165) is 12.2 Å². The molecule has 0 spiro atoms. The molecule has 2 heteroatoms. The number of aromatic nitrogens is 1. The van der Waals surface area contributed by atoms with Crippen molar-refractivity contribution in [2.24, 2.45) is 0 Å². The highest BCUT2D eigenvalue weighted by Crippen LogP contribution is 2.23. The van der Waals surface area contributed by atoms with E-state index >= 15 is 0 Å². The van der Waals surface area contributed by atoms with Crippen molar-refractivity contribution in [3.05, 3.63) is 30.0 Å². The van der Waals surface area contributed by atoms with Gasteiger partial charge in [-0.15, -0.1) is 0 Å². The second-order valence-electron chi connectivity index (χ2n) is 3.08. The summed E-state index contributed by atoms with van der Waals surface area (Å²) >= 11 is 0. The van der Waals surface area contributed by atoms with Gasteiger partial charge in [-0.1, -0.05) is 6.92 Å². The number of hydrogen-bond acceptors (Lipinski definition) is 1. The standard InChI is InChI=1S/C11H13NO/c1-3-8-7-12-11-5-4-9(13-2)6-10(8)11/h4-7,12H,3H2,1-2H3. The lowest BCUT2D eigenvalue weighted by Gasteiger charge is -1.99. The van der Waals surface area contributed by atoms with Gasteiger partial charge in [0, 0.05) is 17.1 Å². The summed E-state index contributed by atoms with van der Waals surface area (Å²) in [6, 6.07) is 6.09. The van der Waals surface area contributed by atoms with Crippen molar-refractivity contribution >= 4 is 10.9 Å². The van der Waals surface area contributed by atoms with Gasteiger partial charge < -0.3 is 9.72 Å². The molecule has 0 atom stereocenters. The number of aryl methyl sites for hydroxylation is 1. The first-order valence-electron chi connectivity index (χ1n) is 4.49. The molecule has 0 saturated carbocycles. The quantitative estimate of drug-likeness (QED) is 0.745. The van der Waals surface area contributed by atoms with Gasteiger partial charge in [-0.3, -0.25) is 0 Å². The molecule has 0 bridgehead atoms. The molecule has 13 heavy (non-hydrogen) atoms. The molecule has 0 saturated heterocycles. The number of fused-ring (bicyclic) bond motifs is 1. The lowest BCUT2D eigenvalue weighted by atomic mass is 10.1. The maximum Gasteiger partial charge on any atom is 0.119 e. The fourth-order valence-electron chi connectivity index (χ4n) is 1.58. The lowest BCUT2D eigenvalue weighted by molar-refractivity contribution is 0.415. The molecule has 0 unspecified atom stereocenters. The Kier molecular flexibility index (Phi) is 1.97. The zero-order chi connectivity index (χ0) is 9.26. The molecule has 0 amide bonds. The molecule has 2 aromatic rings. The summed E-state index contributed by atoms with van der Waals surface area (Å²) in [5.74, 6) is 0.918. The van der Waals surface area contributed by atoms with E-state index < -0.39 is 0 Å². The Balaban J connectivity index is 2.64. The van der Waals surface area contributed by atoms with E-state index in [1.807, 2.05) is 12.1 Å². The number of nitrogens with one attached hydrogen (secondary N) is 1. The Morgan fingerprint density at radius 2 is 2.23 bits per heavy atom. The van der Waals surface area contributed by atoms with Crippen LogP contribution >= 0.6 is 0 Å². The topological polar surface area (TPSA) is 25.0 Å². The first-order chi connectivity index (χ1) is 6.35. The average molecular weight is 175 g/mol. The first kappa shape index (κ1) is 8.17. The van der Waals surface area contributed by atoms with Crippen molar-refractivity contribution in [3.8, 4) is 5.75 Å². The summed E-state index contributed by atoms with van der Waals surface area (Å²) in [4.78, 5) is 3.23. The van der Waals surface area contributed by atoms with Crippen LogP contribution in [-0.2, 0) is 6.42 Å². The van der Waals surface area contributed by atoms with Gasteiger partial charge in [0.15, 0.2) is 0 Å². The monoisotopic (exact) mass is 175 g/mol. The maximum atomic E-state index is 5.18. The van der Waals surface area contributed by atoms with Gasteiger partial charge in [-0.2, -0.15) is 0 Å². The number of methoxy groups -OCH3 is 1. The predicted octanol–water partition coefficient (Wildman–Crippen LogP) is 2.74. The van der Waals surface area contributed by atoms with E-state index in [1.54, 1.807) is 7.11 Å². The third-order valence-electron chi connectivity index (χ3n) is 2.36. The number of H-pyrrole nitrogens is 1. The Morgan fingerprint density at radius 1 is 1.38 bits per heavy atom. The summed E-state index contributed by atoms with van der Waals surface area (Å²) in [6.45, 7) is 2.15. The molecule has 0 fully saturated rings. The molecule has 0 radical (unpaired) electrons. The van der Waals surface area contributed by atoms with Crippen LogP contribution in [0.1, 0.15) is 12.5 Å². The van der Waals surface area contributed by atoms with Gasteiger partial charge in [0.05, 0.1) is 7.11 Å². The van der Waals surface area contributed by atoms with E-state index in [4.69, 9.17) is 4.74 Å². The highest BCUT2D eigenvalue weighted by molar-refractivity contribution is 5.84. The molecular weight excluding hydrogens is 162 g/mol. The summed E-state index contributed by atoms with van der Waals surface area (Å²) in [6.07, 6.45) is 3.11. The molecule has 2 rings (SSSR count). The number of benzene rings is 1. The summed E-state index contributed by atoms with van der Waals surface area (Å²) < 4.78 is 5.18. The van der Waals surface area contributed by atoms with Crippen LogP contribution in [0.3, 0.4) is 0 Å².